The molecule has 0 aliphatic rings. The minimum atomic E-state index is -2.26. The SMILES string of the molecule is Cc1c(OC(=O)C(O)(c2ccccc2)c2ccccc2)ccc(-c2nc(-c3ccc(OC(=O)C(O)(c4ccccc4)c4ccccc4)c(C)c3O)nc(-c3ccc(OC(=O)C(O)(c4ccccc4)c4ccccc4)c(C)c3O)n2)c1O. The van der Waals surface area contributed by atoms with Crippen LogP contribution in [0.5, 0.6) is 34.5 Å². The van der Waals surface area contributed by atoms with E-state index in [1.807, 2.05) is 0 Å². The highest BCUT2D eigenvalue weighted by molar-refractivity contribution is 5.90. The van der Waals surface area contributed by atoms with Crippen LogP contribution >= 0.6 is 0 Å². The first kappa shape index (κ1) is 54.1. The van der Waals surface area contributed by atoms with Crippen LogP contribution in [0, 0.1) is 20.8 Å². The van der Waals surface area contributed by atoms with Crippen molar-refractivity contribution in [3.8, 4) is 68.7 Å². The Bertz CT molecular complexity index is 3420. The summed E-state index contributed by atoms with van der Waals surface area (Å²) in [4.78, 5) is 56.7. The summed E-state index contributed by atoms with van der Waals surface area (Å²) in [6.45, 7) is 4.44. The van der Waals surface area contributed by atoms with Gasteiger partial charge in [-0.3, -0.25) is 0 Å². The Morgan fingerprint density at radius 1 is 0.309 bits per heavy atom. The van der Waals surface area contributed by atoms with Crippen molar-refractivity contribution in [2.45, 2.75) is 37.6 Å². The Morgan fingerprint density at radius 2 is 0.494 bits per heavy atom. The van der Waals surface area contributed by atoms with E-state index in [4.69, 9.17) is 29.2 Å². The van der Waals surface area contributed by atoms with Crippen LogP contribution in [-0.2, 0) is 31.2 Å². The Hall–Kier alpha value is -10.3. The molecule has 0 atom stereocenters. The van der Waals surface area contributed by atoms with E-state index in [2.05, 4.69) is 0 Å². The molecule has 1 aromatic heterocycles. The first-order valence-electron chi connectivity index (χ1n) is 25.5. The maximum atomic E-state index is 14.2. The first-order valence-corrected chi connectivity index (χ1v) is 25.5. The molecule has 0 fully saturated rings. The molecule has 0 aliphatic heterocycles. The van der Waals surface area contributed by atoms with Crippen LogP contribution in [0.3, 0.4) is 0 Å². The lowest BCUT2D eigenvalue weighted by molar-refractivity contribution is -0.152. The number of ether oxygens (including phenoxy) is 3. The Balaban J connectivity index is 1.05. The van der Waals surface area contributed by atoms with Gasteiger partial charge in [0.15, 0.2) is 17.5 Å². The summed E-state index contributed by atoms with van der Waals surface area (Å²) in [5.41, 5.74) is -5.32. The molecule has 15 heteroatoms. The molecule has 402 valence electrons. The van der Waals surface area contributed by atoms with Gasteiger partial charge < -0.3 is 44.8 Å². The van der Waals surface area contributed by atoms with E-state index in [1.165, 1.54) is 57.2 Å². The fourth-order valence-corrected chi connectivity index (χ4v) is 9.46. The maximum Gasteiger partial charge on any atom is 0.353 e. The molecule has 9 aromatic carbocycles. The van der Waals surface area contributed by atoms with Crippen molar-refractivity contribution in [2.75, 3.05) is 0 Å². The average Bonchev–Trinajstić information content (AvgIpc) is 3.58. The molecule has 10 aromatic rings. The second kappa shape index (κ2) is 22.2. The van der Waals surface area contributed by atoms with Gasteiger partial charge >= 0.3 is 17.9 Å². The zero-order valence-corrected chi connectivity index (χ0v) is 43.8. The molecule has 0 unspecified atom stereocenters. The molecular formula is C66H51N3O12. The second-order valence-corrected chi connectivity index (χ2v) is 19.1. The number of hydrogen-bond acceptors (Lipinski definition) is 15. The Morgan fingerprint density at radius 3 is 0.679 bits per heavy atom. The summed E-state index contributed by atoms with van der Waals surface area (Å²) < 4.78 is 17.6. The summed E-state index contributed by atoms with van der Waals surface area (Å²) >= 11 is 0. The summed E-state index contributed by atoms with van der Waals surface area (Å²) in [6.07, 6.45) is 0. The number of phenols is 3. The van der Waals surface area contributed by atoms with Crippen LogP contribution in [0.25, 0.3) is 34.2 Å². The number of carbonyl (C=O) groups excluding carboxylic acids is 3. The minimum absolute atomic E-state index is 0.0238. The van der Waals surface area contributed by atoms with Crippen LogP contribution in [0.2, 0.25) is 0 Å². The molecule has 0 spiro atoms. The third kappa shape index (κ3) is 10.00. The van der Waals surface area contributed by atoms with E-state index in [1.54, 1.807) is 182 Å². The highest BCUT2D eigenvalue weighted by Gasteiger charge is 2.45. The number of aliphatic hydroxyl groups is 3. The van der Waals surface area contributed by atoms with Gasteiger partial charge in [0.25, 0.3) is 0 Å². The third-order valence-corrected chi connectivity index (χ3v) is 14.1. The fourth-order valence-electron chi connectivity index (χ4n) is 9.46. The van der Waals surface area contributed by atoms with Crippen molar-refractivity contribution in [3.05, 3.63) is 268 Å². The summed E-state index contributed by atoms with van der Waals surface area (Å²) in [5, 5.41) is 72.5. The molecule has 0 radical (unpaired) electrons. The molecule has 6 N–H and O–H groups in total. The molecule has 15 nitrogen and oxygen atoms in total. The second-order valence-electron chi connectivity index (χ2n) is 19.1. The van der Waals surface area contributed by atoms with Gasteiger partial charge in [0.05, 0.1) is 16.7 Å². The summed E-state index contributed by atoms with van der Waals surface area (Å²) in [6, 6.07) is 57.9. The maximum absolute atomic E-state index is 14.2. The van der Waals surface area contributed by atoms with E-state index < -0.39 is 52.0 Å². The van der Waals surface area contributed by atoms with Crippen molar-refractivity contribution in [2.24, 2.45) is 0 Å². The molecule has 0 aliphatic carbocycles. The molecule has 81 heavy (non-hydrogen) atoms. The number of esters is 3. The monoisotopic (exact) mass is 1080 g/mol. The molecule has 10 rings (SSSR count). The molecule has 0 saturated heterocycles. The number of benzene rings is 9. The van der Waals surface area contributed by atoms with Crippen molar-refractivity contribution >= 4 is 17.9 Å². The highest BCUT2D eigenvalue weighted by atomic mass is 16.6. The van der Waals surface area contributed by atoms with Gasteiger partial charge in [-0.2, -0.15) is 0 Å². The number of carbonyl (C=O) groups is 3. The lowest BCUT2D eigenvalue weighted by Crippen LogP contribution is -2.40. The van der Waals surface area contributed by atoms with Crippen LogP contribution in [0.1, 0.15) is 50.1 Å². The fraction of sp³-hybridized carbons (Fsp3) is 0.0909. The van der Waals surface area contributed by atoms with Gasteiger partial charge in [-0.05, 0) is 90.6 Å². The van der Waals surface area contributed by atoms with E-state index in [9.17, 15) is 45.0 Å². The number of aromatic hydroxyl groups is 3. The molecule has 0 amide bonds. The van der Waals surface area contributed by atoms with Gasteiger partial charge in [-0.1, -0.05) is 182 Å². The smallest absolute Gasteiger partial charge is 0.353 e. The summed E-state index contributed by atoms with van der Waals surface area (Å²) in [7, 11) is 0. The van der Waals surface area contributed by atoms with Crippen molar-refractivity contribution < 1.29 is 59.2 Å². The summed E-state index contributed by atoms with van der Waals surface area (Å²) in [5.74, 6) is -5.50. The molecular weight excluding hydrogens is 1030 g/mol. The Labute approximate surface area is 464 Å². The predicted molar refractivity (Wildman–Crippen MR) is 300 cm³/mol. The zero-order valence-electron chi connectivity index (χ0n) is 43.8. The van der Waals surface area contributed by atoms with Crippen LogP contribution in [0.15, 0.2) is 218 Å². The van der Waals surface area contributed by atoms with Gasteiger partial charge in [-0.15, -0.1) is 0 Å². The van der Waals surface area contributed by atoms with Crippen LogP contribution in [0.4, 0.5) is 0 Å². The van der Waals surface area contributed by atoms with Crippen molar-refractivity contribution in [1.82, 2.24) is 15.0 Å². The lowest BCUT2D eigenvalue weighted by Gasteiger charge is -2.27. The molecule has 0 saturated carbocycles. The third-order valence-electron chi connectivity index (χ3n) is 14.1. The Kier molecular flexibility index (Phi) is 14.8. The van der Waals surface area contributed by atoms with E-state index >= 15 is 0 Å². The van der Waals surface area contributed by atoms with E-state index in [-0.39, 0.29) is 101 Å². The predicted octanol–water partition coefficient (Wildman–Crippen LogP) is 10.4. The van der Waals surface area contributed by atoms with Crippen LogP contribution in [-0.4, -0.2) is 63.5 Å². The van der Waals surface area contributed by atoms with Crippen molar-refractivity contribution in [1.29, 1.82) is 0 Å². The van der Waals surface area contributed by atoms with E-state index in [0.29, 0.717) is 0 Å². The standard InChI is InChI=1S/C66H51N3O12/c1-40-52(79-61(73)64(76,43-22-10-4-11-23-43)44-24-12-5-13-25-44)37-34-49(55(40)70)58-67-59(50-35-38-53(41(2)56(50)71)80-62(74)65(77,45-26-14-6-15-27-45)46-28-16-7-17-29-46)69-60(68-58)51-36-39-54(42(3)57(51)72)81-63(75)66(78,47-30-18-8-19-31-47)48-32-20-9-21-33-48/h4-39,70-72,76-78H,1-3H3. The topological polar surface area (TPSA) is 239 Å². The number of rotatable bonds is 15. The number of nitrogens with zero attached hydrogens (tertiary/aromatic N) is 3. The number of phenolic OH excluding ortho intramolecular Hbond substituents is 3. The first-order chi connectivity index (χ1) is 39.0. The number of aromatic nitrogens is 3. The van der Waals surface area contributed by atoms with Crippen LogP contribution < -0.4 is 14.2 Å². The van der Waals surface area contributed by atoms with Gasteiger partial charge in [0, 0.05) is 16.7 Å². The zero-order chi connectivity index (χ0) is 57.1. The van der Waals surface area contributed by atoms with Crippen molar-refractivity contribution in [3.63, 3.8) is 0 Å². The van der Waals surface area contributed by atoms with E-state index in [0.717, 1.165) is 0 Å². The highest BCUT2D eigenvalue weighted by Crippen LogP contribution is 2.44. The minimum Gasteiger partial charge on any atom is -0.507 e. The molecule has 1 heterocycles. The lowest BCUT2D eigenvalue weighted by atomic mass is 9.86. The van der Waals surface area contributed by atoms with Gasteiger partial charge in [-0.25, -0.2) is 29.3 Å². The quantitative estimate of drug-likeness (QED) is 0.0413. The van der Waals surface area contributed by atoms with Gasteiger partial charge in [0.1, 0.15) is 34.5 Å². The average molecular weight is 1080 g/mol. The normalized spacial score (nSPS) is 11.6. The largest absolute Gasteiger partial charge is 0.507 e. The van der Waals surface area contributed by atoms with Gasteiger partial charge in [0.2, 0.25) is 16.8 Å². The molecule has 0 bridgehead atoms. The number of hydrogen-bond donors (Lipinski definition) is 6.